The highest BCUT2D eigenvalue weighted by molar-refractivity contribution is 7.09. The number of ether oxygens (including phenoxy) is 1. The Labute approximate surface area is 129 Å². The second kappa shape index (κ2) is 7.54. The van der Waals surface area contributed by atoms with Crippen molar-refractivity contribution in [1.82, 2.24) is 10.3 Å². The van der Waals surface area contributed by atoms with E-state index in [1.807, 2.05) is 32.0 Å². The summed E-state index contributed by atoms with van der Waals surface area (Å²) in [6, 6.07) is 5.84. The van der Waals surface area contributed by atoms with Crippen LogP contribution in [0.15, 0.2) is 23.6 Å². The summed E-state index contributed by atoms with van der Waals surface area (Å²) < 4.78 is 5.30. The van der Waals surface area contributed by atoms with E-state index in [2.05, 4.69) is 15.7 Å². The van der Waals surface area contributed by atoms with E-state index in [1.54, 1.807) is 18.4 Å². The van der Waals surface area contributed by atoms with E-state index < -0.39 is 6.10 Å². The van der Waals surface area contributed by atoms with Crippen molar-refractivity contribution in [3.63, 3.8) is 0 Å². The van der Waals surface area contributed by atoms with Crippen molar-refractivity contribution < 1.29 is 9.84 Å². The minimum absolute atomic E-state index is 0.503. The average molecular weight is 306 g/mol. The summed E-state index contributed by atoms with van der Waals surface area (Å²) in [5.41, 5.74) is 3.05. The number of rotatable bonds is 7. The van der Waals surface area contributed by atoms with Crippen molar-refractivity contribution >= 4 is 11.3 Å². The Morgan fingerprint density at radius 1 is 1.38 bits per heavy atom. The van der Waals surface area contributed by atoms with E-state index in [4.69, 9.17) is 4.74 Å². The molecule has 0 radical (unpaired) electrons. The molecule has 0 spiro atoms. The Hall–Kier alpha value is -1.43. The molecule has 1 atom stereocenters. The molecule has 0 saturated carbocycles. The van der Waals surface area contributed by atoms with Crippen LogP contribution in [0.2, 0.25) is 0 Å². The molecule has 0 fully saturated rings. The summed E-state index contributed by atoms with van der Waals surface area (Å²) in [6.07, 6.45) is 0.305. The summed E-state index contributed by atoms with van der Waals surface area (Å²) in [4.78, 5) is 4.42. The number of aromatic nitrogens is 1. The van der Waals surface area contributed by atoms with Gasteiger partial charge in [-0.2, -0.15) is 0 Å². The summed E-state index contributed by atoms with van der Waals surface area (Å²) in [5, 5.41) is 16.7. The Morgan fingerprint density at radius 2 is 2.19 bits per heavy atom. The fraction of sp³-hybridized carbons (Fsp3) is 0.438. The third kappa shape index (κ3) is 4.52. The molecule has 114 valence electrons. The summed E-state index contributed by atoms with van der Waals surface area (Å²) >= 11 is 1.67. The van der Waals surface area contributed by atoms with Gasteiger partial charge in [0.05, 0.1) is 23.9 Å². The van der Waals surface area contributed by atoms with Crippen LogP contribution in [0, 0.1) is 13.8 Å². The molecule has 1 heterocycles. The maximum Gasteiger partial charge on any atom is 0.124 e. The third-order valence-corrected chi connectivity index (χ3v) is 4.13. The maximum atomic E-state index is 10.3. The van der Waals surface area contributed by atoms with E-state index in [1.165, 1.54) is 0 Å². The second-order valence-corrected chi connectivity index (χ2v) is 6.14. The topological polar surface area (TPSA) is 54.4 Å². The molecular formula is C16H22N2O2S. The van der Waals surface area contributed by atoms with Gasteiger partial charge in [-0.3, -0.25) is 0 Å². The summed E-state index contributed by atoms with van der Waals surface area (Å²) in [7, 11) is 1.62. The number of nitrogens with one attached hydrogen (secondary N) is 1. The number of aryl methyl sites for hydroxylation is 2. The zero-order chi connectivity index (χ0) is 15.2. The molecule has 1 unspecified atom stereocenters. The molecule has 2 N–H and O–H groups in total. The fourth-order valence-electron chi connectivity index (χ4n) is 2.20. The lowest BCUT2D eigenvalue weighted by atomic mass is 10.1. The number of thiazole rings is 1. The van der Waals surface area contributed by atoms with Gasteiger partial charge in [0.15, 0.2) is 0 Å². The molecular weight excluding hydrogens is 284 g/mol. The van der Waals surface area contributed by atoms with Gasteiger partial charge < -0.3 is 15.2 Å². The first kappa shape index (κ1) is 15.9. The van der Waals surface area contributed by atoms with Gasteiger partial charge in [-0.05, 0) is 26.0 Å². The van der Waals surface area contributed by atoms with Gasteiger partial charge in [0.1, 0.15) is 5.75 Å². The van der Waals surface area contributed by atoms with Gasteiger partial charge in [-0.25, -0.2) is 4.98 Å². The number of nitrogens with zero attached hydrogens (tertiary/aromatic N) is 1. The van der Waals surface area contributed by atoms with Crippen molar-refractivity contribution in [3.05, 3.63) is 45.4 Å². The van der Waals surface area contributed by atoms with E-state index in [0.29, 0.717) is 6.54 Å². The monoisotopic (exact) mass is 306 g/mol. The van der Waals surface area contributed by atoms with E-state index in [9.17, 15) is 5.11 Å². The highest BCUT2D eigenvalue weighted by atomic mass is 32.1. The molecule has 0 bridgehead atoms. The van der Waals surface area contributed by atoms with E-state index in [0.717, 1.165) is 40.5 Å². The minimum atomic E-state index is -0.572. The summed E-state index contributed by atoms with van der Waals surface area (Å²) in [6.45, 7) is 5.32. The molecule has 21 heavy (non-hydrogen) atoms. The molecule has 4 nitrogen and oxygen atoms in total. The maximum absolute atomic E-state index is 10.3. The number of aliphatic hydroxyl groups excluding tert-OH is 1. The van der Waals surface area contributed by atoms with Gasteiger partial charge >= 0.3 is 0 Å². The first-order valence-corrected chi connectivity index (χ1v) is 7.92. The molecule has 2 rings (SSSR count). The van der Waals surface area contributed by atoms with Crippen molar-refractivity contribution in [2.75, 3.05) is 20.2 Å². The second-order valence-electron chi connectivity index (χ2n) is 5.07. The largest absolute Gasteiger partial charge is 0.496 e. The van der Waals surface area contributed by atoms with Gasteiger partial charge in [0, 0.05) is 30.5 Å². The van der Waals surface area contributed by atoms with Crippen LogP contribution in [-0.2, 0) is 6.42 Å². The van der Waals surface area contributed by atoms with Crippen LogP contribution in [-0.4, -0.2) is 30.3 Å². The van der Waals surface area contributed by atoms with Gasteiger partial charge in [0.25, 0.3) is 0 Å². The van der Waals surface area contributed by atoms with Crippen LogP contribution in [0.5, 0.6) is 5.75 Å². The lowest BCUT2D eigenvalue weighted by Gasteiger charge is -2.16. The van der Waals surface area contributed by atoms with E-state index in [-0.39, 0.29) is 0 Å². The lowest BCUT2D eigenvalue weighted by Crippen LogP contribution is -2.24. The fourth-order valence-corrected chi connectivity index (χ4v) is 2.85. The zero-order valence-corrected chi connectivity index (χ0v) is 13.5. The third-order valence-electron chi connectivity index (χ3n) is 3.31. The predicted octanol–water partition coefficient (Wildman–Crippen LogP) is 2.63. The minimum Gasteiger partial charge on any atom is -0.496 e. The number of hydrogen-bond acceptors (Lipinski definition) is 5. The first-order chi connectivity index (χ1) is 10.1. The molecule has 5 heteroatoms. The van der Waals surface area contributed by atoms with Crippen LogP contribution < -0.4 is 10.1 Å². The predicted molar refractivity (Wildman–Crippen MR) is 86.1 cm³/mol. The SMILES string of the molecule is COc1ccc(C)cc1C(O)CNCCc1csc(C)n1. The van der Waals surface area contributed by atoms with Crippen LogP contribution in [0.3, 0.4) is 0 Å². The van der Waals surface area contributed by atoms with Crippen LogP contribution in [0.1, 0.15) is 27.9 Å². The summed E-state index contributed by atoms with van der Waals surface area (Å²) in [5.74, 6) is 0.727. The molecule has 2 aromatic rings. The number of hydrogen-bond donors (Lipinski definition) is 2. The molecule has 0 aliphatic carbocycles. The van der Waals surface area contributed by atoms with E-state index >= 15 is 0 Å². The highest BCUT2D eigenvalue weighted by Crippen LogP contribution is 2.25. The molecule has 0 amide bonds. The zero-order valence-electron chi connectivity index (χ0n) is 12.7. The van der Waals surface area contributed by atoms with Crippen LogP contribution >= 0.6 is 11.3 Å². The molecule has 0 aliphatic heterocycles. The number of methoxy groups -OCH3 is 1. The smallest absolute Gasteiger partial charge is 0.124 e. The highest BCUT2D eigenvalue weighted by Gasteiger charge is 2.13. The number of aliphatic hydroxyl groups is 1. The lowest BCUT2D eigenvalue weighted by molar-refractivity contribution is 0.171. The molecule has 1 aromatic carbocycles. The van der Waals surface area contributed by atoms with Crippen molar-refractivity contribution in [1.29, 1.82) is 0 Å². The average Bonchev–Trinajstić information content (AvgIpc) is 2.89. The Morgan fingerprint density at radius 3 is 2.86 bits per heavy atom. The van der Waals surface area contributed by atoms with Crippen LogP contribution in [0.25, 0.3) is 0 Å². The van der Waals surface area contributed by atoms with Crippen molar-refractivity contribution in [2.45, 2.75) is 26.4 Å². The Kier molecular flexibility index (Phi) is 5.73. The van der Waals surface area contributed by atoms with Crippen LogP contribution in [0.4, 0.5) is 0 Å². The molecule has 0 saturated heterocycles. The first-order valence-electron chi connectivity index (χ1n) is 7.04. The Balaban J connectivity index is 1.84. The quantitative estimate of drug-likeness (QED) is 0.772. The Bertz CT molecular complexity index is 583. The van der Waals surface area contributed by atoms with Gasteiger partial charge in [-0.1, -0.05) is 11.6 Å². The molecule has 0 aliphatic rings. The van der Waals surface area contributed by atoms with Crippen molar-refractivity contribution in [2.24, 2.45) is 0 Å². The van der Waals surface area contributed by atoms with Crippen molar-refractivity contribution in [3.8, 4) is 5.75 Å². The normalized spacial score (nSPS) is 12.4. The number of benzene rings is 1. The van der Waals surface area contributed by atoms with Gasteiger partial charge in [-0.15, -0.1) is 11.3 Å². The molecule has 1 aromatic heterocycles. The van der Waals surface area contributed by atoms with Gasteiger partial charge in [0.2, 0.25) is 0 Å². The standard InChI is InChI=1S/C16H22N2O2S/c1-11-4-5-16(20-3)14(8-11)15(19)9-17-7-6-13-10-21-12(2)18-13/h4-5,8,10,15,17,19H,6-7,9H2,1-3H3.